The van der Waals surface area contributed by atoms with Crippen LogP contribution in [-0.4, -0.2) is 22.1 Å². The zero-order valence-corrected chi connectivity index (χ0v) is 10.5. The molecule has 1 aliphatic heterocycles. The van der Waals surface area contributed by atoms with Gasteiger partial charge in [-0.3, -0.25) is 4.99 Å². The first-order valence-electron chi connectivity index (χ1n) is 5.65. The van der Waals surface area contributed by atoms with Crippen molar-refractivity contribution < 1.29 is 4.52 Å². The van der Waals surface area contributed by atoms with Crippen LogP contribution in [0.3, 0.4) is 0 Å². The Kier molecular flexibility index (Phi) is 3.88. The van der Waals surface area contributed by atoms with Gasteiger partial charge in [0.15, 0.2) is 5.17 Å². The fourth-order valence-corrected chi connectivity index (χ4v) is 2.78. The molecule has 0 spiro atoms. The molecular formula is C11H17N3OS. The summed E-state index contributed by atoms with van der Waals surface area (Å²) < 4.78 is 5.00. The second kappa shape index (κ2) is 5.39. The quantitative estimate of drug-likeness (QED) is 0.876. The lowest BCUT2D eigenvalue weighted by Gasteiger charge is -2.06. The Balaban J connectivity index is 1.75. The molecule has 1 aromatic rings. The monoisotopic (exact) mass is 239 g/mol. The molecule has 5 heteroatoms. The molecule has 1 aromatic heterocycles. The fraction of sp³-hybridized carbons (Fsp3) is 0.636. The average molecular weight is 239 g/mol. The highest BCUT2D eigenvalue weighted by atomic mass is 32.2. The highest BCUT2D eigenvalue weighted by molar-refractivity contribution is 8.14. The summed E-state index contributed by atoms with van der Waals surface area (Å²) >= 11 is 1.84. The van der Waals surface area contributed by atoms with Crippen molar-refractivity contribution in [2.45, 2.75) is 38.5 Å². The minimum absolute atomic E-state index is 0.659. The van der Waals surface area contributed by atoms with Gasteiger partial charge in [-0.2, -0.15) is 0 Å². The van der Waals surface area contributed by atoms with E-state index in [9.17, 15) is 0 Å². The van der Waals surface area contributed by atoms with Gasteiger partial charge in [-0.25, -0.2) is 0 Å². The molecule has 0 aromatic carbocycles. The number of rotatable bonds is 4. The van der Waals surface area contributed by atoms with Crippen LogP contribution >= 0.6 is 11.8 Å². The Morgan fingerprint density at radius 3 is 3.19 bits per heavy atom. The molecule has 4 nitrogen and oxygen atoms in total. The molecule has 0 saturated heterocycles. The third-order valence-corrected chi connectivity index (χ3v) is 3.64. The molecule has 1 unspecified atom stereocenters. The molecule has 0 aliphatic carbocycles. The van der Waals surface area contributed by atoms with E-state index in [1.54, 1.807) is 0 Å². The van der Waals surface area contributed by atoms with Gasteiger partial charge in [-0.1, -0.05) is 30.3 Å². The molecule has 16 heavy (non-hydrogen) atoms. The second-order valence-electron chi connectivity index (χ2n) is 3.96. The molecule has 0 fully saturated rings. The topological polar surface area (TPSA) is 50.4 Å². The second-order valence-corrected chi connectivity index (χ2v) is 5.25. The van der Waals surface area contributed by atoms with E-state index in [0.29, 0.717) is 11.8 Å². The van der Waals surface area contributed by atoms with Crippen LogP contribution in [0.2, 0.25) is 0 Å². The number of hydrogen-bond donors (Lipinski definition) is 1. The number of amidine groups is 1. The summed E-state index contributed by atoms with van der Waals surface area (Å²) in [6.07, 6.45) is 2.46. The summed E-state index contributed by atoms with van der Waals surface area (Å²) in [5.74, 6) is 0.849. The summed E-state index contributed by atoms with van der Waals surface area (Å²) in [7, 11) is 0. The van der Waals surface area contributed by atoms with E-state index >= 15 is 0 Å². The smallest absolute Gasteiger partial charge is 0.157 e. The third-order valence-electron chi connectivity index (χ3n) is 2.42. The Bertz CT molecular complexity index is 375. The highest BCUT2D eigenvalue weighted by Gasteiger charge is 2.18. The van der Waals surface area contributed by atoms with Gasteiger partial charge < -0.3 is 9.84 Å². The predicted molar refractivity (Wildman–Crippen MR) is 66.7 cm³/mol. The molecule has 0 radical (unpaired) electrons. The first kappa shape index (κ1) is 11.5. The highest BCUT2D eigenvalue weighted by Crippen LogP contribution is 2.23. The standard InChI is InChI=1S/C11H17N3OS/c1-3-4-10-7-13-11(16-10)12-6-9-5-8(2)15-14-9/h5,10H,3-4,6-7H2,1-2H3,(H,12,13). The Morgan fingerprint density at radius 2 is 2.50 bits per heavy atom. The summed E-state index contributed by atoms with van der Waals surface area (Å²) in [6.45, 7) is 5.75. The minimum Gasteiger partial charge on any atom is -0.361 e. The van der Waals surface area contributed by atoms with E-state index in [0.717, 1.165) is 23.2 Å². The van der Waals surface area contributed by atoms with E-state index in [1.807, 2.05) is 24.8 Å². The van der Waals surface area contributed by atoms with Crippen LogP contribution in [-0.2, 0) is 6.54 Å². The molecule has 1 aliphatic rings. The van der Waals surface area contributed by atoms with Crippen molar-refractivity contribution in [3.05, 3.63) is 17.5 Å². The van der Waals surface area contributed by atoms with Crippen LogP contribution in [0, 0.1) is 6.92 Å². The average Bonchev–Trinajstić information content (AvgIpc) is 2.85. The van der Waals surface area contributed by atoms with Crippen molar-refractivity contribution in [3.63, 3.8) is 0 Å². The number of hydrogen-bond acceptors (Lipinski definition) is 5. The third kappa shape index (κ3) is 3.01. The summed E-state index contributed by atoms with van der Waals surface area (Å²) in [5, 5.41) is 8.92. The number of aliphatic imine (C=N–C) groups is 1. The summed E-state index contributed by atoms with van der Waals surface area (Å²) in [6, 6.07) is 1.94. The van der Waals surface area contributed by atoms with Gasteiger partial charge >= 0.3 is 0 Å². The van der Waals surface area contributed by atoms with Crippen molar-refractivity contribution in [1.82, 2.24) is 10.5 Å². The van der Waals surface area contributed by atoms with Crippen LogP contribution in [0.1, 0.15) is 31.2 Å². The largest absolute Gasteiger partial charge is 0.361 e. The van der Waals surface area contributed by atoms with Gasteiger partial charge in [-0.05, 0) is 13.3 Å². The van der Waals surface area contributed by atoms with Crippen molar-refractivity contribution in [1.29, 1.82) is 0 Å². The zero-order valence-electron chi connectivity index (χ0n) is 9.69. The Morgan fingerprint density at radius 1 is 1.62 bits per heavy atom. The first-order chi connectivity index (χ1) is 7.78. The summed E-state index contributed by atoms with van der Waals surface area (Å²) in [4.78, 5) is 4.47. The number of thioether (sulfide) groups is 1. The summed E-state index contributed by atoms with van der Waals surface area (Å²) in [5.41, 5.74) is 0.930. The predicted octanol–water partition coefficient (Wildman–Crippen LogP) is 2.34. The van der Waals surface area contributed by atoms with E-state index in [2.05, 4.69) is 22.4 Å². The lowest BCUT2D eigenvalue weighted by Crippen LogP contribution is -2.19. The Labute approximate surface area is 99.9 Å². The first-order valence-corrected chi connectivity index (χ1v) is 6.53. The molecule has 0 bridgehead atoms. The normalized spacial score (nSPS) is 19.9. The maximum Gasteiger partial charge on any atom is 0.157 e. The van der Waals surface area contributed by atoms with Crippen molar-refractivity contribution in [2.75, 3.05) is 6.54 Å². The van der Waals surface area contributed by atoms with Crippen LogP contribution < -0.4 is 5.32 Å². The van der Waals surface area contributed by atoms with Crippen LogP contribution in [0.4, 0.5) is 0 Å². The SMILES string of the molecule is CCCC1CN=C(NCc2cc(C)on2)S1. The van der Waals surface area contributed by atoms with Gasteiger partial charge in [0.2, 0.25) is 0 Å². The molecule has 2 heterocycles. The molecule has 88 valence electrons. The van der Waals surface area contributed by atoms with Gasteiger partial charge in [0.1, 0.15) is 11.5 Å². The van der Waals surface area contributed by atoms with E-state index in [-0.39, 0.29) is 0 Å². The van der Waals surface area contributed by atoms with E-state index < -0.39 is 0 Å². The van der Waals surface area contributed by atoms with Gasteiger partial charge in [0.25, 0.3) is 0 Å². The number of nitrogens with one attached hydrogen (secondary N) is 1. The minimum atomic E-state index is 0.659. The molecule has 1 N–H and O–H groups in total. The number of aromatic nitrogens is 1. The Hall–Kier alpha value is -0.970. The van der Waals surface area contributed by atoms with Crippen molar-refractivity contribution >= 4 is 16.9 Å². The molecule has 1 atom stereocenters. The van der Waals surface area contributed by atoms with Crippen LogP contribution in [0.25, 0.3) is 0 Å². The van der Waals surface area contributed by atoms with Crippen molar-refractivity contribution in [3.8, 4) is 0 Å². The molecular weight excluding hydrogens is 222 g/mol. The molecule has 0 amide bonds. The number of nitrogens with zero attached hydrogens (tertiary/aromatic N) is 2. The van der Waals surface area contributed by atoms with Crippen molar-refractivity contribution in [2.24, 2.45) is 4.99 Å². The molecule has 2 rings (SSSR count). The van der Waals surface area contributed by atoms with Crippen LogP contribution in [0.15, 0.2) is 15.6 Å². The van der Waals surface area contributed by atoms with Crippen LogP contribution in [0.5, 0.6) is 0 Å². The maximum absolute atomic E-state index is 5.00. The van der Waals surface area contributed by atoms with E-state index in [1.165, 1.54) is 12.8 Å². The van der Waals surface area contributed by atoms with Gasteiger partial charge in [0.05, 0.1) is 13.1 Å². The zero-order chi connectivity index (χ0) is 11.4. The molecule has 0 saturated carbocycles. The van der Waals surface area contributed by atoms with Gasteiger partial charge in [0, 0.05) is 11.3 Å². The number of aryl methyl sites for hydroxylation is 1. The van der Waals surface area contributed by atoms with Gasteiger partial charge in [-0.15, -0.1) is 0 Å². The lowest BCUT2D eigenvalue weighted by molar-refractivity contribution is 0.390. The van der Waals surface area contributed by atoms with E-state index in [4.69, 9.17) is 4.52 Å². The lowest BCUT2D eigenvalue weighted by atomic mass is 10.2. The maximum atomic E-state index is 5.00. The fourth-order valence-electron chi connectivity index (χ4n) is 1.65.